The first-order valence-corrected chi connectivity index (χ1v) is 14.2. The van der Waals surface area contributed by atoms with Gasteiger partial charge in [0.15, 0.2) is 0 Å². The van der Waals surface area contributed by atoms with E-state index in [9.17, 15) is 14.4 Å². The lowest BCUT2D eigenvalue weighted by atomic mass is 9.98. The number of benzene rings is 2. The number of aryl methyl sites for hydroxylation is 1. The number of aromatic nitrogens is 1. The number of hydrogen-bond acceptors (Lipinski definition) is 7. The molecular weight excluding hydrogens is 528 g/mol. The molecule has 3 atom stereocenters. The summed E-state index contributed by atoms with van der Waals surface area (Å²) in [5, 5.41) is 6.32. The molecule has 1 saturated heterocycles. The predicted molar refractivity (Wildman–Crippen MR) is 152 cm³/mol. The fraction of sp³-hybridized carbons (Fsp3) is 0.310. The number of likely N-dealkylation sites (tertiary alicyclic amines) is 1. The van der Waals surface area contributed by atoms with Crippen molar-refractivity contribution in [3.05, 3.63) is 71.9 Å². The van der Waals surface area contributed by atoms with E-state index in [1.54, 1.807) is 16.0 Å². The van der Waals surface area contributed by atoms with E-state index in [0.29, 0.717) is 24.5 Å². The van der Waals surface area contributed by atoms with Gasteiger partial charge in [0.2, 0.25) is 11.8 Å². The zero-order valence-electron chi connectivity index (χ0n) is 22.0. The third-order valence-electron chi connectivity index (χ3n) is 7.45. The number of amides is 4. The van der Waals surface area contributed by atoms with Gasteiger partial charge in [-0.2, -0.15) is 0 Å². The van der Waals surface area contributed by atoms with Gasteiger partial charge < -0.3 is 26.0 Å². The minimum absolute atomic E-state index is 0.0459. The van der Waals surface area contributed by atoms with Gasteiger partial charge >= 0.3 is 6.03 Å². The highest BCUT2D eigenvalue weighted by Gasteiger charge is 2.47. The number of urea groups is 1. The lowest BCUT2D eigenvalue weighted by molar-refractivity contribution is -0.132. The lowest BCUT2D eigenvalue weighted by Gasteiger charge is -2.36. The second-order valence-corrected chi connectivity index (χ2v) is 11.2. The molecule has 3 aliphatic rings. The number of hydrogen-bond donors (Lipinski definition) is 3. The van der Waals surface area contributed by atoms with Crippen molar-refractivity contribution in [1.29, 1.82) is 0 Å². The first kappa shape index (κ1) is 26.1. The highest BCUT2D eigenvalue weighted by molar-refractivity contribution is 8.01. The zero-order chi connectivity index (χ0) is 27.8. The van der Waals surface area contributed by atoms with Crippen molar-refractivity contribution < 1.29 is 19.1 Å². The normalized spacial score (nSPS) is 21.4. The van der Waals surface area contributed by atoms with Gasteiger partial charge in [0.05, 0.1) is 24.0 Å². The SMILES string of the molecule is Cc1cc(Oc2ccccc2)ccc1N1C(=O)NC2c3c1ccnc3S[C@H]2C(=O)NC1CCCN(C(=O)CN)C1. The Morgan fingerprint density at radius 1 is 1.15 bits per heavy atom. The van der Waals surface area contributed by atoms with Gasteiger partial charge in [0.25, 0.3) is 0 Å². The summed E-state index contributed by atoms with van der Waals surface area (Å²) in [6.07, 6.45) is 3.25. The lowest BCUT2D eigenvalue weighted by Crippen LogP contribution is -2.54. The Kier molecular flexibility index (Phi) is 7.07. The first-order valence-electron chi connectivity index (χ1n) is 13.3. The summed E-state index contributed by atoms with van der Waals surface area (Å²) < 4.78 is 5.97. The van der Waals surface area contributed by atoms with Crippen LogP contribution in [0, 0.1) is 6.92 Å². The summed E-state index contributed by atoms with van der Waals surface area (Å²) in [5.74, 6) is 1.10. The van der Waals surface area contributed by atoms with E-state index in [4.69, 9.17) is 10.5 Å². The van der Waals surface area contributed by atoms with Gasteiger partial charge in [-0.1, -0.05) is 30.0 Å². The summed E-state index contributed by atoms with van der Waals surface area (Å²) in [4.78, 5) is 47.0. The van der Waals surface area contributed by atoms with Crippen molar-refractivity contribution in [3.8, 4) is 11.5 Å². The highest BCUT2D eigenvalue weighted by Crippen LogP contribution is 2.51. The van der Waals surface area contributed by atoms with Gasteiger partial charge in [-0.25, -0.2) is 9.78 Å². The number of piperidine rings is 1. The number of ether oxygens (including phenoxy) is 1. The predicted octanol–water partition coefficient (Wildman–Crippen LogP) is 3.62. The van der Waals surface area contributed by atoms with Crippen molar-refractivity contribution in [3.63, 3.8) is 0 Å². The van der Waals surface area contributed by atoms with Crippen LogP contribution in [0.4, 0.5) is 16.2 Å². The number of nitrogens with one attached hydrogen (secondary N) is 2. The largest absolute Gasteiger partial charge is 0.457 e. The van der Waals surface area contributed by atoms with Crippen LogP contribution in [0.5, 0.6) is 11.5 Å². The summed E-state index contributed by atoms with van der Waals surface area (Å²) in [6, 6.07) is 15.9. The molecule has 4 heterocycles. The standard InChI is InChI=1S/C29H30N6O4S/c1-17-14-20(39-19-7-3-2-4-8-19)9-10-21(17)35-22-11-12-31-28-24(22)25(33-29(35)38)26(40-28)27(37)32-18-6-5-13-34(16-18)23(36)15-30/h2-4,7-12,14,18,25-26H,5-6,13,15-16,30H2,1H3,(H,32,37)(H,33,38)/t18?,25?,26-/m1/s1. The Morgan fingerprint density at radius 3 is 2.75 bits per heavy atom. The van der Waals surface area contributed by atoms with Crippen LogP contribution < -0.4 is 26.0 Å². The molecule has 0 bridgehead atoms. The number of carbonyl (C=O) groups is 3. The monoisotopic (exact) mass is 558 g/mol. The molecule has 2 aromatic carbocycles. The molecule has 3 aromatic rings. The number of anilines is 2. The Labute approximate surface area is 236 Å². The summed E-state index contributed by atoms with van der Waals surface area (Å²) in [7, 11) is 0. The molecule has 1 fully saturated rings. The third-order valence-corrected chi connectivity index (χ3v) is 8.74. The molecule has 40 heavy (non-hydrogen) atoms. The maximum atomic E-state index is 13.6. The first-order chi connectivity index (χ1) is 19.4. The molecule has 4 amide bonds. The molecule has 206 valence electrons. The molecule has 0 radical (unpaired) electrons. The molecule has 0 spiro atoms. The number of pyridine rings is 1. The summed E-state index contributed by atoms with van der Waals surface area (Å²) in [6.45, 7) is 2.97. The smallest absolute Gasteiger partial charge is 0.327 e. The van der Waals surface area contributed by atoms with Gasteiger partial charge in [-0.15, -0.1) is 0 Å². The van der Waals surface area contributed by atoms with Crippen molar-refractivity contribution >= 4 is 41.0 Å². The molecule has 3 aliphatic heterocycles. The fourth-order valence-corrected chi connectivity index (χ4v) is 6.80. The maximum absolute atomic E-state index is 13.6. The van der Waals surface area contributed by atoms with E-state index in [-0.39, 0.29) is 30.4 Å². The molecule has 6 rings (SSSR count). The van der Waals surface area contributed by atoms with Crippen LogP contribution >= 0.6 is 11.8 Å². The van der Waals surface area contributed by atoms with E-state index < -0.39 is 11.3 Å². The van der Waals surface area contributed by atoms with E-state index >= 15 is 0 Å². The fourth-order valence-electron chi connectivity index (χ4n) is 5.57. The van der Waals surface area contributed by atoms with Crippen LogP contribution in [0.1, 0.15) is 30.0 Å². The number of rotatable bonds is 6. The Balaban J connectivity index is 1.22. The van der Waals surface area contributed by atoms with E-state index in [2.05, 4.69) is 15.6 Å². The van der Waals surface area contributed by atoms with Gasteiger partial charge in [0.1, 0.15) is 21.8 Å². The van der Waals surface area contributed by atoms with Crippen molar-refractivity contribution in [2.45, 2.75) is 42.1 Å². The maximum Gasteiger partial charge on any atom is 0.327 e. The van der Waals surface area contributed by atoms with Crippen LogP contribution in [0.15, 0.2) is 65.8 Å². The van der Waals surface area contributed by atoms with Crippen LogP contribution in [0.25, 0.3) is 0 Å². The molecule has 0 aliphatic carbocycles. The molecule has 4 N–H and O–H groups in total. The number of para-hydroxylation sites is 1. The molecule has 1 aromatic heterocycles. The molecular formula is C29H30N6O4S. The second kappa shape index (κ2) is 10.8. The Bertz CT molecular complexity index is 1470. The number of nitrogens with zero attached hydrogens (tertiary/aromatic N) is 3. The summed E-state index contributed by atoms with van der Waals surface area (Å²) >= 11 is 1.35. The van der Waals surface area contributed by atoms with Crippen LogP contribution in [0.2, 0.25) is 0 Å². The van der Waals surface area contributed by atoms with Crippen molar-refractivity contribution in [2.75, 3.05) is 24.5 Å². The summed E-state index contributed by atoms with van der Waals surface area (Å²) in [5.41, 5.74) is 8.65. The second-order valence-electron chi connectivity index (χ2n) is 10.1. The molecule has 2 unspecified atom stereocenters. The zero-order valence-corrected chi connectivity index (χ0v) is 22.8. The number of thioether (sulfide) groups is 1. The van der Waals surface area contributed by atoms with Gasteiger partial charge in [-0.05, 0) is 61.7 Å². The molecule has 0 saturated carbocycles. The van der Waals surface area contributed by atoms with Crippen LogP contribution in [-0.2, 0) is 9.59 Å². The van der Waals surface area contributed by atoms with Crippen molar-refractivity contribution in [2.24, 2.45) is 5.73 Å². The van der Waals surface area contributed by atoms with E-state index in [0.717, 1.165) is 40.4 Å². The quantitative estimate of drug-likeness (QED) is 0.421. The average molecular weight is 559 g/mol. The highest BCUT2D eigenvalue weighted by atomic mass is 32.2. The molecule has 10 nitrogen and oxygen atoms in total. The van der Waals surface area contributed by atoms with Crippen LogP contribution in [-0.4, -0.2) is 58.7 Å². The minimum Gasteiger partial charge on any atom is -0.457 e. The Hall–Kier alpha value is -4.09. The average Bonchev–Trinajstić information content (AvgIpc) is 3.33. The topological polar surface area (TPSA) is 130 Å². The third kappa shape index (κ3) is 4.86. The van der Waals surface area contributed by atoms with E-state index in [1.807, 2.05) is 61.5 Å². The minimum atomic E-state index is -0.571. The molecule has 11 heteroatoms. The van der Waals surface area contributed by atoms with Gasteiger partial charge in [0, 0.05) is 30.9 Å². The number of nitrogens with two attached hydrogens (primary N) is 1. The van der Waals surface area contributed by atoms with E-state index in [1.165, 1.54) is 11.8 Å². The van der Waals surface area contributed by atoms with Gasteiger partial charge in [-0.3, -0.25) is 14.5 Å². The van der Waals surface area contributed by atoms with Crippen molar-refractivity contribution in [1.82, 2.24) is 20.5 Å². The van der Waals surface area contributed by atoms with Crippen LogP contribution in [0.3, 0.4) is 0 Å². The Morgan fingerprint density at radius 2 is 1.98 bits per heavy atom. The number of carbonyl (C=O) groups excluding carboxylic acids is 3.